The fraction of sp³-hybridized carbons (Fsp3) is 0.385. The Hall–Kier alpha value is -0.601. The van der Waals surface area contributed by atoms with Crippen molar-refractivity contribution in [2.24, 2.45) is 0 Å². The summed E-state index contributed by atoms with van der Waals surface area (Å²) in [6.07, 6.45) is 2.29. The van der Waals surface area contributed by atoms with Gasteiger partial charge in [-0.1, -0.05) is 0 Å². The van der Waals surface area contributed by atoms with E-state index in [0.29, 0.717) is 15.0 Å². The molecule has 0 N–H and O–H groups in total. The fourth-order valence-electron chi connectivity index (χ4n) is 1.60. The molecule has 0 radical (unpaired) electrons. The first kappa shape index (κ1) is 11.9. The Morgan fingerprint density at radius 1 is 1.19 bits per heavy atom. The van der Waals surface area contributed by atoms with Crippen molar-refractivity contribution in [3.63, 3.8) is 0 Å². The van der Waals surface area contributed by atoms with Crippen LogP contribution in [0.2, 0.25) is 0 Å². The van der Waals surface area contributed by atoms with Gasteiger partial charge in [0, 0.05) is 0 Å². The molecule has 3 heteroatoms. The molecule has 1 aromatic rings. The van der Waals surface area contributed by atoms with Crippen molar-refractivity contribution in [2.75, 3.05) is 32.8 Å². The molecule has 1 heterocycles. The normalized spacial score (nSPS) is 18.0. The van der Waals surface area contributed by atoms with E-state index in [0.717, 1.165) is 32.8 Å². The van der Waals surface area contributed by atoms with Crippen LogP contribution in [0.25, 0.3) is 0 Å². The summed E-state index contributed by atoms with van der Waals surface area (Å²) in [4.78, 5) is 4.75. The fourth-order valence-corrected chi connectivity index (χ4v) is 2.97. The minimum atomic E-state index is 0.480. The van der Waals surface area contributed by atoms with Gasteiger partial charge in [0.2, 0.25) is 0 Å². The number of hydrogen-bond donors (Lipinski definition) is 0. The first-order valence-electron chi connectivity index (χ1n) is 5.62. The Kier molecular flexibility index (Phi) is 5.10. The molecule has 1 aromatic carbocycles. The summed E-state index contributed by atoms with van der Waals surface area (Å²) in [6, 6.07) is 10.7. The second kappa shape index (κ2) is 6.87. The molecule has 1 aliphatic heterocycles. The molecule has 0 aromatic heterocycles. The molecule has 0 bridgehead atoms. The Balaban J connectivity index is 1.69. The zero-order valence-electron chi connectivity index (χ0n) is 9.34. The van der Waals surface area contributed by atoms with Crippen LogP contribution in [-0.2, 0) is 4.74 Å². The molecule has 0 spiro atoms. The van der Waals surface area contributed by atoms with Crippen LogP contribution in [0.3, 0.4) is 0 Å². The van der Waals surface area contributed by atoms with Crippen LogP contribution in [0, 0.1) is 0 Å². The summed E-state index contributed by atoms with van der Waals surface area (Å²) >= 11 is 0.480. The third kappa shape index (κ3) is 4.11. The van der Waals surface area contributed by atoms with Crippen LogP contribution < -0.4 is 4.46 Å². The molecule has 1 saturated heterocycles. The zero-order chi connectivity index (χ0) is 11.1. The summed E-state index contributed by atoms with van der Waals surface area (Å²) in [5, 5.41) is 0. The molecule has 1 aliphatic rings. The number of nitrogens with zero attached hydrogens (tertiary/aromatic N) is 1. The van der Waals surface area contributed by atoms with Gasteiger partial charge in [0.15, 0.2) is 0 Å². The number of hydrogen-bond acceptors (Lipinski definition) is 2. The maximum absolute atomic E-state index is 5.31. The summed E-state index contributed by atoms with van der Waals surface area (Å²) in [5.41, 5.74) is 0. The molecule has 1 fully saturated rings. The van der Waals surface area contributed by atoms with Crippen molar-refractivity contribution >= 4 is 19.4 Å². The number of morpholine rings is 1. The van der Waals surface area contributed by atoms with Crippen molar-refractivity contribution in [1.29, 1.82) is 0 Å². The van der Waals surface area contributed by atoms with E-state index >= 15 is 0 Å². The van der Waals surface area contributed by atoms with Gasteiger partial charge in [-0.15, -0.1) is 0 Å². The van der Waals surface area contributed by atoms with Crippen LogP contribution in [0.1, 0.15) is 0 Å². The van der Waals surface area contributed by atoms with Crippen molar-refractivity contribution in [2.45, 2.75) is 0 Å². The molecule has 2 rings (SSSR count). The Bertz CT molecular complexity index is 320. The average Bonchev–Trinajstić information content (AvgIpc) is 2.37. The van der Waals surface area contributed by atoms with Crippen LogP contribution in [-0.4, -0.2) is 52.7 Å². The van der Waals surface area contributed by atoms with Crippen LogP contribution in [0.15, 0.2) is 41.4 Å². The Morgan fingerprint density at radius 3 is 2.69 bits per heavy atom. The first-order chi connectivity index (χ1) is 7.95. The van der Waals surface area contributed by atoms with Crippen LogP contribution in [0.5, 0.6) is 0 Å². The van der Waals surface area contributed by atoms with Gasteiger partial charge in [0.25, 0.3) is 0 Å². The maximum atomic E-state index is 5.31. The van der Waals surface area contributed by atoms with E-state index in [2.05, 4.69) is 46.3 Å². The number of ether oxygens (including phenoxy) is 1. The van der Waals surface area contributed by atoms with Crippen molar-refractivity contribution in [1.82, 2.24) is 4.90 Å². The molecule has 0 saturated carbocycles. The van der Waals surface area contributed by atoms with Crippen molar-refractivity contribution in [3.8, 4) is 0 Å². The number of rotatable bonds is 4. The molecule has 0 atom stereocenters. The average molecular weight is 282 g/mol. The van der Waals surface area contributed by atoms with Crippen molar-refractivity contribution in [3.05, 3.63) is 41.4 Å². The summed E-state index contributed by atoms with van der Waals surface area (Å²) < 4.78 is 6.75. The molecule has 0 amide bonds. The van der Waals surface area contributed by atoms with Crippen LogP contribution in [0.4, 0.5) is 0 Å². The van der Waals surface area contributed by atoms with E-state index in [1.54, 1.807) is 0 Å². The van der Waals surface area contributed by atoms with E-state index in [9.17, 15) is 0 Å². The topological polar surface area (TPSA) is 12.5 Å². The van der Waals surface area contributed by atoms with Gasteiger partial charge in [0.05, 0.1) is 0 Å². The Morgan fingerprint density at radius 2 is 1.94 bits per heavy atom. The van der Waals surface area contributed by atoms with E-state index < -0.39 is 0 Å². The summed E-state index contributed by atoms with van der Waals surface area (Å²) in [7, 11) is 0. The number of benzene rings is 1. The predicted molar refractivity (Wildman–Crippen MR) is 68.2 cm³/mol. The molecular formula is C13H17NOSe. The van der Waals surface area contributed by atoms with Gasteiger partial charge < -0.3 is 0 Å². The Labute approximate surface area is 103 Å². The van der Waals surface area contributed by atoms with Gasteiger partial charge >= 0.3 is 103 Å². The van der Waals surface area contributed by atoms with Gasteiger partial charge in [-0.05, 0) is 0 Å². The zero-order valence-corrected chi connectivity index (χ0v) is 11.1. The van der Waals surface area contributed by atoms with E-state index in [1.807, 2.05) is 0 Å². The third-order valence-corrected chi connectivity index (χ3v) is 4.34. The van der Waals surface area contributed by atoms with E-state index in [4.69, 9.17) is 4.74 Å². The van der Waals surface area contributed by atoms with Gasteiger partial charge in [-0.25, -0.2) is 0 Å². The third-order valence-electron chi connectivity index (χ3n) is 2.51. The van der Waals surface area contributed by atoms with Crippen LogP contribution >= 0.6 is 0 Å². The van der Waals surface area contributed by atoms with E-state index in [1.165, 1.54) is 4.46 Å². The molecule has 0 unspecified atom stereocenters. The second-order valence-corrected chi connectivity index (χ2v) is 5.77. The second-order valence-electron chi connectivity index (χ2n) is 3.72. The SMILES string of the molecule is C(=C\[Se]c1ccccc1)/CN1CCOCC1. The first-order valence-corrected chi connectivity index (χ1v) is 7.46. The molecule has 0 aliphatic carbocycles. The van der Waals surface area contributed by atoms with Gasteiger partial charge in [-0.3, -0.25) is 0 Å². The predicted octanol–water partition coefficient (Wildman–Crippen LogP) is 0.862. The summed E-state index contributed by atoms with van der Waals surface area (Å²) in [5.74, 6) is 0. The van der Waals surface area contributed by atoms with Crippen molar-refractivity contribution < 1.29 is 4.74 Å². The van der Waals surface area contributed by atoms with Gasteiger partial charge in [-0.2, -0.15) is 0 Å². The molecule has 16 heavy (non-hydrogen) atoms. The van der Waals surface area contributed by atoms with E-state index in [-0.39, 0.29) is 0 Å². The molecular weight excluding hydrogens is 265 g/mol. The standard InChI is InChI=1S/C13H17NOSe/c1-2-5-13(6-3-1)16-12-4-7-14-8-10-15-11-9-14/h1-6,12H,7-11H2/b12-4+. The molecule has 86 valence electrons. The summed E-state index contributed by atoms with van der Waals surface area (Å²) in [6.45, 7) is 4.98. The molecule has 2 nitrogen and oxygen atoms in total. The minimum absolute atomic E-state index is 0.480. The quantitative estimate of drug-likeness (QED) is 0.760. The monoisotopic (exact) mass is 283 g/mol. The van der Waals surface area contributed by atoms with Gasteiger partial charge in [0.1, 0.15) is 0 Å².